The van der Waals surface area contributed by atoms with Gasteiger partial charge in [0.15, 0.2) is 0 Å². The summed E-state index contributed by atoms with van der Waals surface area (Å²) in [5.74, 6) is 0.768. The van der Waals surface area contributed by atoms with Crippen LogP contribution in [0.1, 0.15) is 24.3 Å². The Kier molecular flexibility index (Phi) is 1.06. The van der Waals surface area contributed by atoms with E-state index in [0.29, 0.717) is 0 Å². The van der Waals surface area contributed by atoms with Gasteiger partial charge in [0.1, 0.15) is 12.0 Å². The summed E-state index contributed by atoms with van der Waals surface area (Å²) in [6.45, 7) is 0. The number of aromatic nitrogens is 3. The molecule has 12 heavy (non-hydrogen) atoms. The summed E-state index contributed by atoms with van der Waals surface area (Å²) < 4.78 is 0. The SMILES string of the molecule is c1ncc2c(C3CC3)c[nH]c2n1. The number of aromatic amines is 1. The zero-order valence-electron chi connectivity index (χ0n) is 6.62. The molecule has 0 saturated heterocycles. The smallest absolute Gasteiger partial charge is 0.140 e. The second-order valence-corrected chi connectivity index (χ2v) is 3.30. The Hall–Kier alpha value is -1.38. The predicted molar refractivity (Wildman–Crippen MR) is 45.9 cm³/mol. The molecule has 0 unspecified atom stereocenters. The highest BCUT2D eigenvalue weighted by molar-refractivity contribution is 5.79. The Morgan fingerprint density at radius 2 is 2.33 bits per heavy atom. The summed E-state index contributed by atoms with van der Waals surface area (Å²) in [5.41, 5.74) is 2.36. The van der Waals surface area contributed by atoms with Gasteiger partial charge in [0.05, 0.1) is 0 Å². The molecular formula is C9H9N3. The van der Waals surface area contributed by atoms with E-state index in [1.165, 1.54) is 23.8 Å². The summed E-state index contributed by atoms with van der Waals surface area (Å²) in [7, 11) is 0. The molecule has 1 aliphatic rings. The lowest BCUT2D eigenvalue weighted by Crippen LogP contribution is -1.79. The lowest BCUT2D eigenvalue weighted by molar-refractivity contribution is 1.14. The van der Waals surface area contributed by atoms with Crippen LogP contribution >= 0.6 is 0 Å². The van der Waals surface area contributed by atoms with E-state index >= 15 is 0 Å². The quantitative estimate of drug-likeness (QED) is 0.689. The van der Waals surface area contributed by atoms with Crippen LogP contribution in [-0.4, -0.2) is 15.0 Å². The van der Waals surface area contributed by atoms with Crippen molar-refractivity contribution < 1.29 is 0 Å². The highest BCUT2D eigenvalue weighted by atomic mass is 14.9. The highest BCUT2D eigenvalue weighted by Gasteiger charge is 2.26. The van der Waals surface area contributed by atoms with Gasteiger partial charge in [-0.25, -0.2) is 9.97 Å². The minimum absolute atomic E-state index is 0.768. The van der Waals surface area contributed by atoms with Crippen LogP contribution in [-0.2, 0) is 0 Å². The lowest BCUT2D eigenvalue weighted by atomic mass is 10.2. The number of hydrogen-bond acceptors (Lipinski definition) is 2. The van der Waals surface area contributed by atoms with E-state index in [1.54, 1.807) is 6.33 Å². The third-order valence-corrected chi connectivity index (χ3v) is 2.40. The number of nitrogens with one attached hydrogen (secondary N) is 1. The first kappa shape index (κ1) is 6.17. The van der Waals surface area contributed by atoms with Crippen molar-refractivity contribution in [2.24, 2.45) is 0 Å². The molecule has 0 aromatic carbocycles. The minimum Gasteiger partial charge on any atom is -0.346 e. The molecule has 3 heteroatoms. The average molecular weight is 159 g/mol. The van der Waals surface area contributed by atoms with Gasteiger partial charge in [-0.1, -0.05) is 0 Å². The highest BCUT2D eigenvalue weighted by Crippen LogP contribution is 2.42. The average Bonchev–Trinajstić information content (AvgIpc) is 2.86. The molecule has 1 aliphatic carbocycles. The number of fused-ring (bicyclic) bond motifs is 1. The van der Waals surface area contributed by atoms with Crippen molar-refractivity contribution in [2.45, 2.75) is 18.8 Å². The molecule has 2 aromatic heterocycles. The van der Waals surface area contributed by atoms with E-state index in [9.17, 15) is 0 Å². The van der Waals surface area contributed by atoms with E-state index in [4.69, 9.17) is 0 Å². The third kappa shape index (κ3) is 0.763. The molecule has 0 atom stereocenters. The van der Waals surface area contributed by atoms with Crippen molar-refractivity contribution in [2.75, 3.05) is 0 Å². The van der Waals surface area contributed by atoms with E-state index in [1.807, 2.05) is 6.20 Å². The van der Waals surface area contributed by atoms with Crippen molar-refractivity contribution in [3.8, 4) is 0 Å². The molecule has 1 fully saturated rings. The van der Waals surface area contributed by atoms with Gasteiger partial charge >= 0.3 is 0 Å². The van der Waals surface area contributed by atoms with Gasteiger partial charge < -0.3 is 4.98 Å². The van der Waals surface area contributed by atoms with Crippen LogP contribution in [0.15, 0.2) is 18.7 Å². The van der Waals surface area contributed by atoms with Gasteiger partial charge in [-0.3, -0.25) is 0 Å². The molecule has 3 rings (SSSR count). The summed E-state index contributed by atoms with van der Waals surface area (Å²) in [4.78, 5) is 11.3. The van der Waals surface area contributed by atoms with Gasteiger partial charge in [-0.2, -0.15) is 0 Å². The first-order valence-corrected chi connectivity index (χ1v) is 4.22. The maximum Gasteiger partial charge on any atom is 0.140 e. The van der Waals surface area contributed by atoms with Crippen LogP contribution < -0.4 is 0 Å². The van der Waals surface area contributed by atoms with Crippen molar-refractivity contribution in [3.05, 3.63) is 24.3 Å². The van der Waals surface area contributed by atoms with Crippen molar-refractivity contribution in [1.82, 2.24) is 15.0 Å². The lowest BCUT2D eigenvalue weighted by Gasteiger charge is -1.91. The first-order valence-electron chi connectivity index (χ1n) is 4.22. The second kappa shape index (κ2) is 2.06. The molecule has 2 aromatic rings. The fourth-order valence-electron chi connectivity index (χ4n) is 1.61. The molecule has 0 bridgehead atoms. The van der Waals surface area contributed by atoms with E-state index in [-0.39, 0.29) is 0 Å². The van der Waals surface area contributed by atoms with Crippen LogP contribution in [0.25, 0.3) is 11.0 Å². The summed E-state index contributed by atoms with van der Waals surface area (Å²) in [6.07, 6.45) is 8.18. The van der Waals surface area contributed by atoms with Gasteiger partial charge in [0.2, 0.25) is 0 Å². The summed E-state index contributed by atoms with van der Waals surface area (Å²) in [5, 5.41) is 1.19. The fraction of sp³-hybridized carbons (Fsp3) is 0.333. The minimum atomic E-state index is 0.768. The molecule has 0 radical (unpaired) electrons. The van der Waals surface area contributed by atoms with Crippen LogP contribution in [0, 0.1) is 0 Å². The Balaban J connectivity index is 2.30. The number of hydrogen-bond donors (Lipinski definition) is 1. The molecule has 0 amide bonds. The van der Waals surface area contributed by atoms with Crippen LogP contribution in [0.4, 0.5) is 0 Å². The fourth-order valence-corrected chi connectivity index (χ4v) is 1.61. The molecule has 0 aliphatic heterocycles. The van der Waals surface area contributed by atoms with E-state index in [0.717, 1.165) is 11.6 Å². The van der Waals surface area contributed by atoms with Gasteiger partial charge in [-0.05, 0) is 24.3 Å². The van der Waals surface area contributed by atoms with Gasteiger partial charge in [0, 0.05) is 17.8 Å². The topological polar surface area (TPSA) is 41.6 Å². The molecule has 60 valence electrons. The third-order valence-electron chi connectivity index (χ3n) is 2.40. The molecule has 2 heterocycles. The normalized spacial score (nSPS) is 17.0. The van der Waals surface area contributed by atoms with Crippen molar-refractivity contribution in [3.63, 3.8) is 0 Å². The second-order valence-electron chi connectivity index (χ2n) is 3.30. The zero-order valence-corrected chi connectivity index (χ0v) is 6.62. The molecule has 3 nitrogen and oxygen atoms in total. The number of nitrogens with zero attached hydrogens (tertiary/aromatic N) is 2. The maximum absolute atomic E-state index is 4.15. The Labute approximate surface area is 69.9 Å². The van der Waals surface area contributed by atoms with Crippen LogP contribution in [0.2, 0.25) is 0 Å². The predicted octanol–water partition coefficient (Wildman–Crippen LogP) is 1.84. The number of H-pyrrole nitrogens is 1. The molecule has 1 N–H and O–H groups in total. The van der Waals surface area contributed by atoms with Gasteiger partial charge in [-0.15, -0.1) is 0 Å². The monoisotopic (exact) mass is 159 g/mol. The van der Waals surface area contributed by atoms with Crippen LogP contribution in [0.3, 0.4) is 0 Å². The molecule has 1 saturated carbocycles. The van der Waals surface area contributed by atoms with E-state index in [2.05, 4.69) is 21.1 Å². The summed E-state index contributed by atoms with van der Waals surface area (Å²) >= 11 is 0. The standard InChI is InChI=1S/C9H9N3/c1-2-6(1)7-4-11-9-8(7)3-10-5-12-9/h3-6H,1-2H2,(H,10,11,12). The van der Waals surface area contributed by atoms with Gasteiger partial charge in [0.25, 0.3) is 0 Å². The Morgan fingerprint density at radius 1 is 1.42 bits per heavy atom. The van der Waals surface area contributed by atoms with Crippen LogP contribution in [0.5, 0.6) is 0 Å². The van der Waals surface area contributed by atoms with Crippen molar-refractivity contribution in [1.29, 1.82) is 0 Å². The Morgan fingerprint density at radius 3 is 3.17 bits per heavy atom. The summed E-state index contributed by atoms with van der Waals surface area (Å²) in [6, 6.07) is 0. The Bertz CT molecular complexity index is 414. The number of rotatable bonds is 1. The first-order chi connectivity index (χ1) is 5.95. The molecular weight excluding hydrogens is 150 g/mol. The van der Waals surface area contributed by atoms with Crippen molar-refractivity contribution >= 4 is 11.0 Å². The zero-order chi connectivity index (χ0) is 7.97. The van der Waals surface area contributed by atoms with E-state index < -0.39 is 0 Å². The largest absolute Gasteiger partial charge is 0.346 e. The maximum atomic E-state index is 4.15. The molecule has 0 spiro atoms.